The number of rotatable bonds is 5. The van der Waals surface area contributed by atoms with Crippen molar-refractivity contribution in [2.75, 3.05) is 18.4 Å². The third kappa shape index (κ3) is 3.96. The van der Waals surface area contributed by atoms with E-state index in [-0.39, 0.29) is 5.91 Å². The number of carbonyl (C=O) groups excluding carboxylic acids is 1. The minimum Gasteiger partial charge on any atom is -0.366 e. The number of anilines is 1. The third-order valence-corrected chi connectivity index (χ3v) is 3.72. The SMILES string of the molecule is Cc1nnc(NCCNC(=O)c2ccccc2Cl)c(C#N)c1C. The van der Waals surface area contributed by atoms with E-state index in [1.807, 2.05) is 6.92 Å². The van der Waals surface area contributed by atoms with Gasteiger partial charge in [-0.15, -0.1) is 5.10 Å². The van der Waals surface area contributed by atoms with Gasteiger partial charge in [-0.1, -0.05) is 23.7 Å². The Kier molecular flexibility index (Phi) is 5.50. The molecule has 0 spiro atoms. The number of benzene rings is 1. The fraction of sp³-hybridized carbons (Fsp3) is 0.250. The van der Waals surface area contributed by atoms with Crippen LogP contribution in [-0.4, -0.2) is 29.2 Å². The molecule has 2 N–H and O–H groups in total. The molecule has 0 atom stereocenters. The summed E-state index contributed by atoms with van der Waals surface area (Å²) < 4.78 is 0. The Bertz CT molecular complexity index is 770. The fourth-order valence-corrected chi connectivity index (χ4v) is 2.19. The first-order chi connectivity index (χ1) is 11.0. The number of aromatic nitrogens is 2. The molecule has 0 saturated heterocycles. The molecule has 2 rings (SSSR count). The van der Waals surface area contributed by atoms with E-state index in [0.717, 1.165) is 11.3 Å². The van der Waals surface area contributed by atoms with Gasteiger partial charge in [-0.2, -0.15) is 10.4 Å². The van der Waals surface area contributed by atoms with Gasteiger partial charge in [-0.05, 0) is 31.5 Å². The van der Waals surface area contributed by atoms with Crippen LogP contribution in [0.3, 0.4) is 0 Å². The Morgan fingerprint density at radius 1 is 1.26 bits per heavy atom. The average molecular weight is 330 g/mol. The number of amides is 1. The molecule has 1 amide bonds. The van der Waals surface area contributed by atoms with Crippen molar-refractivity contribution in [2.24, 2.45) is 0 Å². The van der Waals surface area contributed by atoms with Crippen molar-refractivity contribution in [3.05, 3.63) is 51.7 Å². The second-order valence-electron chi connectivity index (χ2n) is 4.91. The summed E-state index contributed by atoms with van der Waals surface area (Å²) in [6, 6.07) is 8.96. The van der Waals surface area contributed by atoms with Gasteiger partial charge in [-0.3, -0.25) is 4.79 Å². The van der Waals surface area contributed by atoms with E-state index >= 15 is 0 Å². The fourth-order valence-electron chi connectivity index (χ4n) is 1.97. The lowest BCUT2D eigenvalue weighted by atomic mass is 10.1. The van der Waals surface area contributed by atoms with E-state index in [0.29, 0.717) is 35.1 Å². The molecule has 0 aliphatic heterocycles. The molecule has 0 radical (unpaired) electrons. The number of aryl methyl sites for hydroxylation is 1. The summed E-state index contributed by atoms with van der Waals surface area (Å²) in [4.78, 5) is 12.0. The quantitative estimate of drug-likeness (QED) is 0.822. The molecule has 0 aliphatic carbocycles. The van der Waals surface area contributed by atoms with Crippen LogP contribution < -0.4 is 10.6 Å². The number of carbonyl (C=O) groups is 1. The Hall–Kier alpha value is -2.65. The second-order valence-corrected chi connectivity index (χ2v) is 5.32. The minimum atomic E-state index is -0.246. The Labute approximate surface area is 139 Å². The topological polar surface area (TPSA) is 90.7 Å². The van der Waals surface area contributed by atoms with E-state index in [1.54, 1.807) is 31.2 Å². The highest BCUT2D eigenvalue weighted by molar-refractivity contribution is 6.33. The van der Waals surface area contributed by atoms with Crippen LogP contribution in [0.5, 0.6) is 0 Å². The van der Waals surface area contributed by atoms with Crippen LogP contribution in [0, 0.1) is 25.2 Å². The van der Waals surface area contributed by atoms with Gasteiger partial charge in [0.1, 0.15) is 11.6 Å². The first kappa shape index (κ1) is 16.7. The molecule has 0 saturated carbocycles. The number of hydrogen-bond acceptors (Lipinski definition) is 5. The van der Waals surface area contributed by atoms with Crippen LogP contribution >= 0.6 is 11.6 Å². The number of nitrogens with zero attached hydrogens (tertiary/aromatic N) is 3. The lowest BCUT2D eigenvalue weighted by Gasteiger charge is -2.10. The van der Waals surface area contributed by atoms with Crippen LogP contribution in [0.25, 0.3) is 0 Å². The zero-order chi connectivity index (χ0) is 16.8. The van der Waals surface area contributed by atoms with E-state index in [9.17, 15) is 10.1 Å². The van der Waals surface area contributed by atoms with Gasteiger partial charge < -0.3 is 10.6 Å². The molecule has 6 nitrogen and oxygen atoms in total. The number of nitrogens with one attached hydrogen (secondary N) is 2. The van der Waals surface area contributed by atoms with Crippen molar-refractivity contribution in [2.45, 2.75) is 13.8 Å². The van der Waals surface area contributed by atoms with Crippen molar-refractivity contribution in [1.82, 2.24) is 15.5 Å². The molecule has 1 aromatic carbocycles. The Balaban J connectivity index is 1.92. The Morgan fingerprint density at radius 3 is 2.70 bits per heavy atom. The molecule has 0 aliphatic rings. The van der Waals surface area contributed by atoms with Gasteiger partial charge in [0.2, 0.25) is 0 Å². The van der Waals surface area contributed by atoms with Crippen LogP contribution in [-0.2, 0) is 0 Å². The molecular weight excluding hydrogens is 314 g/mol. The standard InChI is InChI=1S/C16H16ClN5O/c1-10-11(2)21-22-15(13(10)9-18)19-7-8-20-16(23)12-5-3-4-6-14(12)17/h3-6H,7-8H2,1-2H3,(H,19,22)(H,20,23). The minimum absolute atomic E-state index is 0.246. The Morgan fingerprint density at radius 2 is 2.00 bits per heavy atom. The predicted molar refractivity (Wildman–Crippen MR) is 88.5 cm³/mol. The number of nitriles is 1. The molecule has 23 heavy (non-hydrogen) atoms. The van der Waals surface area contributed by atoms with Crippen LogP contribution in [0.1, 0.15) is 27.2 Å². The summed E-state index contributed by atoms with van der Waals surface area (Å²) in [6.45, 7) is 4.41. The summed E-state index contributed by atoms with van der Waals surface area (Å²) in [5.74, 6) is 0.173. The summed E-state index contributed by atoms with van der Waals surface area (Å²) in [5, 5.41) is 23.4. The summed E-state index contributed by atoms with van der Waals surface area (Å²) in [7, 11) is 0. The molecule has 7 heteroatoms. The van der Waals surface area contributed by atoms with Gasteiger partial charge in [0, 0.05) is 13.1 Å². The molecule has 1 heterocycles. The molecule has 118 valence electrons. The maximum Gasteiger partial charge on any atom is 0.252 e. The van der Waals surface area contributed by atoms with Gasteiger partial charge >= 0.3 is 0 Å². The molecular formula is C16H16ClN5O. The second kappa shape index (κ2) is 7.56. The number of hydrogen-bond donors (Lipinski definition) is 2. The van der Waals surface area contributed by atoms with Gasteiger partial charge in [0.15, 0.2) is 5.82 Å². The number of halogens is 1. The monoisotopic (exact) mass is 329 g/mol. The third-order valence-electron chi connectivity index (χ3n) is 3.39. The van der Waals surface area contributed by atoms with Gasteiger partial charge in [0.25, 0.3) is 5.91 Å². The molecule has 1 aromatic heterocycles. The van der Waals surface area contributed by atoms with Crippen molar-refractivity contribution >= 4 is 23.3 Å². The first-order valence-electron chi connectivity index (χ1n) is 7.05. The van der Waals surface area contributed by atoms with Crippen molar-refractivity contribution < 1.29 is 4.79 Å². The lowest BCUT2D eigenvalue weighted by molar-refractivity contribution is 0.0955. The van der Waals surface area contributed by atoms with Gasteiger partial charge in [0.05, 0.1) is 16.3 Å². The van der Waals surface area contributed by atoms with E-state index < -0.39 is 0 Å². The largest absolute Gasteiger partial charge is 0.366 e. The molecule has 0 bridgehead atoms. The van der Waals surface area contributed by atoms with E-state index in [1.165, 1.54) is 0 Å². The zero-order valence-electron chi connectivity index (χ0n) is 12.9. The summed E-state index contributed by atoms with van der Waals surface area (Å²) in [6.07, 6.45) is 0. The normalized spacial score (nSPS) is 10.0. The zero-order valence-corrected chi connectivity index (χ0v) is 13.6. The van der Waals surface area contributed by atoms with Crippen LogP contribution in [0.2, 0.25) is 5.02 Å². The first-order valence-corrected chi connectivity index (χ1v) is 7.43. The highest BCUT2D eigenvalue weighted by atomic mass is 35.5. The average Bonchev–Trinajstić information content (AvgIpc) is 2.55. The highest BCUT2D eigenvalue weighted by Gasteiger charge is 2.11. The lowest BCUT2D eigenvalue weighted by Crippen LogP contribution is -2.29. The van der Waals surface area contributed by atoms with E-state index in [2.05, 4.69) is 26.9 Å². The van der Waals surface area contributed by atoms with Gasteiger partial charge in [-0.25, -0.2) is 0 Å². The molecule has 2 aromatic rings. The van der Waals surface area contributed by atoms with Crippen molar-refractivity contribution in [3.8, 4) is 6.07 Å². The smallest absolute Gasteiger partial charge is 0.252 e. The molecule has 0 fully saturated rings. The van der Waals surface area contributed by atoms with Crippen LogP contribution in [0.4, 0.5) is 5.82 Å². The maximum atomic E-state index is 12.0. The van der Waals surface area contributed by atoms with Crippen molar-refractivity contribution in [3.63, 3.8) is 0 Å². The highest BCUT2D eigenvalue weighted by Crippen LogP contribution is 2.17. The van der Waals surface area contributed by atoms with Crippen molar-refractivity contribution in [1.29, 1.82) is 5.26 Å². The summed E-state index contributed by atoms with van der Waals surface area (Å²) >= 11 is 5.97. The molecule has 0 unspecified atom stereocenters. The van der Waals surface area contributed by atoms with Crippen LogP contribution in [0.15, 0.2) is 24.3 Å². The predicted octanol–water partition coefficient (Wildman–Crippen LogP) is 2.46. The summed E-state index contributed by atoms with van der Waals surface area (Å²) in [5.41, 5.74) is 2.41. The van der Waals surface area contributed by atoms with E-state index in [4.69, 9.17) is 11.6 Å². The maximum absolute atomic E-state index is 12.0.